The first-order chi connectivity index (χ1) is 24.8. The van der Waals surface area contributed by atoms with Crippen LogP contribution in [0.15, 0.2) is 96.1 Å². The number of carbonyl (C=O) groups excluding carboxylic acids is 2. The Bertz CT molecular complexity index is 1580. The minimum absolute atomic E-state index is 0.102. The topological polar surface area (TPSA) is 157 Å². The number of hydrogen-bond donors (Lipinski definition) is 0. The maximum absolute atomic E-state index is 13.3. The Labute approximate surface area is 297 Å². The molecule has 0 bridgehead atoms. The second-order valence-electron chi connectivity index (χ2n) is 12.6. The van der Waals surface area contributed by atoms with Gasteiger partial charge in [0.25, 0.3) is 0 Å². The van der Waals surface area contributed by atoms with Gasteiger partial charge in [0, 0.05) is 17.8 Å². The van der Waals surface area contributed by atoms with Gasteiger partial charge in [0.1, 0.15) is 18.2 Å². The second-order valence-corrected chi connectivity index (χ2v) is 12.6. The summed E-state index contributed by atoms with van der Waals surface area (Å²) in [5.74, 6) is -1.62. The summed E-state index contributed by atoms with van der Waals surface area (Å²) in [4.78, 5) is 28.7. The molecule has 5 rings (SSSR count). The fourth-order valence-electron chi connectivity index (χ4n) is 6.35. The van der Waals surface area contributed by atoms with Gasteiger partial charge in [-0.25, -0.2) is 4.79 Å². The third-order valence-electron chi connectivity index (χ3n) is 8.97. The van der Waals surface area contributed by atoms with E-state index in [0.717, 1.165) is 16.7 Å². The van der Waals surface area contributed by atoms with Crippen molar-refractivity contribution >= 4 is 11.9 Å². The number of carbonyl (C=O) groups is 2. The van der Waals surface area contributed by atoms with E-state index in [1.54, 1.807) is 6.92 Å². The monoisotopic (exact) mass is 703 g/mol. The molecule has 0 N–H and O–H groups in total. The molecule has 2 heterocycles. The quantitative estimate of drug-likeness (QED) is 0.0834. The van der Waals surface area contributed by atoms with E-state index in [-0.39, 0.29) is 25.7 Å². The van der Waals surface area contributed by atoms with Crippen LogP contribution in [0.4, 0.5) is 0 Å². The summed E-state index contributed by atoms with van der Waals surface area (Å²) in [6, 6.07) is 27.7. The van der Waals surface area contributed by atoms with Crippen LogP contribution in [-0.2, 0) is 67.3 Å². The van der Waals surface area contributed by atoms with Crippen molar-refractivity contribution in [3.8, 4) is 0 Å². The first kappa shape index (κ1) is 37.9. The molecule has 2 aliphatic heterocycles. The van der Waals surface area contributed by atoms with Gasteiger partial charge < -0.3 is 37.9 Å². The SMILES string of the molecule is COC(=O)C1O[C@@H](C)C(OC(C)=O)[C@@H](OCc2ccccc2)[C@H]1O[C@@H]1OC(COCc2ccccc2)[C@H](C)[C@H](OCc2ccccc2)C1N=[N+]=[N-]. The first-order valence-corrected chi connectivity index (χ1v) is 17.0. The molecule has 51 heavy (non-hydrogen) atoms. The molecule has 4 unspecified atom stereocenters. The van der Waals surface area contributed by atoms with Gasteiger partial charge in [0.15, 0.2) is 18.5 Å². The third kappa shape index (κ3) is 10.1. The van der Waals surface area contributed by atoms with Crippen molar-refractivity contribution in [1.29, 1.82) is 0 Å². The van der Waals surface area contributed by atoms with E-state index in [1.165, 1.54) is 14.0 Å². The van der Waals surface area contributed by atoms with Crippen LogP contribution >= 0.6 is 0 Å². The summed E-state index contributed by atoms with van der Waals surface area (Å²) >= 11 is 0. The highest BCUT2D eigenvalue weighted by atomic mass is 16.7. The van der Waals surface area contributed by atoms with Gasteiger partial charge in [-0.3, -0.25) is 4.79 Å². The van der Waals surface area contributed by atoms with Crippen LogP contribution in [0, 0.1) is 5.92 Å². The fourth-order valence-corrected chi connectivity index (χ4v) is 6.35. The molecular weight excluding hydrogens is 658 g/mol. The van der Waals surface area contributed by atoms with Gasteiger partial charge in [-0.05, 0) is 29.1 Å². The van der Waals surface area contributed by atoms with Gasteiger partial charge in [-0.2, -0.15) is 0 Å². The summed E-state index contributed by atoms with van der Waals surface area (Å²) in [7, 11) is 1.24. The van der Waals surface area contributed by atoms with Crippen LogP contribution in [0.5, 0.6) is 0 Å². The molecule has 3 aromatic carbocycles. The Morgan fingerprint density at radius 3 is 1.84 bits per heavy atom. The van der Waals surface area contributed by atoms with E-state index in [0.29, 0.717) is 6.61 Å². The number of esters is 2. The standard InChI is InChI=1S/C38H45N3O10/c1-24-30(23-45-20-27-14-8-5-9-15-27)50-38(31(40-41-39)32(24)46-21-28-16-10-6-11-17-28)51-35-34(47-22-29-18-12-7-13-19-29)33(49-26(3)42)25(2)48-36(35)37(43)44-4/h5-19,24-25,30-36,38H,20-23H2,1-4H3/t24-,25-,30?,31?,32-,33?,34+,35+,36?,38-/m0/s1. The summed E-state index contributed by atoms with van der Waals surface area (Å²) in [5, 5.41) is 4.11. The van der Waals surface area contributed by atoms with Crippen molar-refractivity contribution in [3.63, 3.8) is 0 Å². The minimum Gasteiger partial charge on any atom is -0.467 e. The molecule has 2 aliphatic rings. The fraction of sp³-hybridized carbons (Fsp3) is 0.474. The van der Waals surface area contributed by atoms with E-state index < -0.39 is 67.0 Å². The average Bonchev–Trinajstić information content (AvgIpc) is 3.14. The summed E-state index contributed by atoms with van der Waals surface area (Å²) in [5.41, 5.74) is 12.5. The molecule has 0 saturated carbocycles. The Kier molecular flexibility index (Phi) is 14.0. The summed E-state index contributed by atoms with van der Waals surface area (Å²) < 4.78 is 49.1. The lowest BCUT2D eigenvalue weighted by molar-refractivity contribution is -0.319. The molecule has 13 heteroatoms. The van der Waals surface area contributed by atoms with E-state index in [1.807, 2.05) is 97.9 Å². The van der Waals surface area contributed by atoms with Crippen LogP contribution in [0.2, 0.25) is 0 Å². The number of methoxy groups -OCH3 is 1. The summed E-state index contributed by atoms with van der Waals surface area (Å²) in [6.45, 7) is 5.72. The van der Waals surface area contributed by atoms with Crippen LogP contribution < -0.4 is 0 Å². The molecule has 2 saturated heterocycles. The van der Waals surface area contributed by atoms with Gasteiger partial charge in [-0.1, -0.05) is 103 Å². The van der Waals surface area contributed by atoms with Crippen molar-refractivity contribution < 1.29 is 47.5 Å². The summed E-state index contributed by atoms with van der Waals surface area (Å²) in [6.07, 6.45) is -7.89. The zero-order chi connectivity index (χ0) is 36.2. The molecule has 2 fully saturated rings. The molecule has 272 valence electrons. The lowest BCUT2D eigenvalue weighted by Crippen LogP contribution is -2.64. The zero-order valence-corrected chi connectivity index (χ0v) is 29.2. The van der Waals surface area contributed by atoms with Gasteiger partial charge in [0.05, 0.1) is 51.8 Å². The second kappa shape index (κ2) is 18.8. The van der Waals surface area contributed by atoms with E-state index in [4.69, 9.17) is 37.9 Å². The van der Waals surface area contributed by atoms with Crippen LogP contribution in [0.25, 0.3) is 10.4 Å². The normalized spacial score (nSPS) is 29.0. The van der Waals surface area contributed by atoms with Gasteiger partial charge >= 0.3 is 11.9 Å². The number of nitrogens with zero attached hydrogens (tertiary/aromatic N) is 3. The number of hydrogen-bond acceptors (Lipinski definition) is 11. The molecule has 13 nitrogen and oxygen atoms in total. The van der Waals surface area contributed by atoms with E-state index in [9.17, 15) is 15.1 Å². The molecule has 0 amide bonds. The molecule has 0 spiro atoms. The Hall–Kier alpha value is -4.33. The number of azide groups is 1. The van der Waals surface area contributed by atoms with Gasteiger partial charge in [-0.15, -0.1) is 0 Å². The predicted molar refractivity (Wildman–Crippen MR) is 184 cm³/mol. The lowest BCUT2D eigenvalue weighted by atomic mass is 9.89. The minimum atomic E-state index is -1.32. The molecule has 0 aliphatic carbocycles. The smallest absolute Gasteiger partial charge is 0.337 e. The maximum Gasteiger partial charge on any atom is 0.337 e. The first-order valence-electron chi connectivity index (χ1n) is 17.0. The molecule has 10 atom stereocenters. The zero-order valence-electron chi connectivity index (χ0n) is 29.2. The molecule has 0 aromatic heterocycles. The van der Waals surface area contributed by atoms with Crippen molar-refractivity contribution in [2.24, 2.45) is 11.0 Å². The van der Waals surface area contributed by atoms with Crippen molar-refractivity contribution in [1.82, 2.24) is 0 Å². The van der Waals surface area contributed by atoms with Crippen LogP contribution in [0.1, 0.15) is 37.5 Å². The number of benzene rings is 3. The van der Waals surface area contributed by atoms with Gasteiger partial charge in [0.2, 0.25) is 0 Å². The predicted octanol–water partition coefficient (Wildman–Crippen LogP) is 5.69. The van der Waals surface area contributed by atoms with Crippen molar-refractivity contribution in [2.45, 2.75) is 95.7 Å². The van der Waals surface area contributed by atoms with Crippen molar-refractivity contribution in [2.75, 3.05) is 13.7 Å². The Balaban J connectivity index is 1.48. The number of rotatable bonds is 15. The van der Waals surface area contributed by atoms with Crippen LogP contribution in [-0.4, -0.2) is 80.7 Å². The molecular formula is C38H45N3O10. The highest BCUT2D eigenvalue weighted by molar-refractivity contribution is 5.75. The number of ether oxygens (including phenoxy) is 8. The highest BCUT2D eigenvalue weighted by Gasteiger charge is 2.54. The Morgan fingerprint density at radius 2 is 1.31 bits per heavy atom. The Morgan fingerprint density at radius 1 is 0.765 bits per heavy atom. The van der Waals surface area contributed by atoms with E-state index in [2.05, 4.69) is 10.0 Å². The highest BCUT2D eigenvalue weighted by Crippen LogP contribution is 2.36. The molecule has 3 aromatic rings. The lowest BCUT2D eigenvalue weighted by Gasteiger charge is -2.48. The maximum atomic E-state index is 13.3. The third-order valence-corrected chi connectivity index (χ3v) is 8.97. The average molecular weight is 704 g/mol. The van der Waals surface area contributed by atoms with Crippen LogP contribution in [0.3, 0.4) is 0 Å². The largest absolute Gasteiger partial charge is 0.467 e. The van der Waals surface area contributed by atoms with E-state index >= 15 is 0 Å². The molecule has 0 radical (unpaired) electrons. The van der Waals surface area contributed by atoms with Crippen molar-refractivity contribution in [3.05, 3.63) is 118 Å².